The van der Waals surface area contributed by atoms with E-state index in [4.69, 9.17) is 9.47 Å². The van der Waals surface area contributed by atoms with Crippen molar-refractivity contribution in [1.29, 1.82) is 0 Å². The third-order valence-electron chi connectivity index (χ3n) is 4.45. The number of thioether (sulfide) groups is 1. The van der Waals surface area contributed by atoms with E-state index in [1.807, 2.05) is 49.6 Å². The minimum absolute atomic E-state index is 0.0239. The number of hydrogen-bond acceptors (Lipinski definition) is 7. The second-order valence-electron chi connectivity index (χ2n) is 7.07. The van der Waals surface area contributed by atoms with Crippen LogP contribution in [0.2, 0.25) is 0 Å². The number of methoxy groups -OCH3 is 1. The van der Waals surface area contributed by atoms with Crippen LogP contribution in [0.4, 0.5) is 5.69 Å². The van der Waals surface area contributed by atoms with Gasteiger partial charge in [-0.25, -0.2) is 0 Å². The summed E-state index contributed by atoms with van der Waals surface area (Å²) >= 11 is 1.28. The van der Waals surface area contributed by atoms with Gasteiger partial charge in [0.1, 0.15) is 5.75 Å². The van der Waals surface area contributed by atoms with Gasteiger partial charge in [0.2, 0.25) is 5.91 Å². The van der Waals surface area contributed by atoms with Crippen LogP contribution in [0.1, 0.15) is 38.7 Å². The summed E-state index contributed by atoms with van der Waals surface area (Å²) in [7, 11) is 1.60. The highest BCUT2D eigenvalue weighted by atomic mass is 32.2. The Hall–Kier alpha value is -3.20. The number of carbonyl (C=O) groups is 1. The Morgan fingerprint density at radius 3 is 2.45 bits per heavy atom. The molecule has 1 heterocycles. The number of nitrogens with zero attached hydrogens (tertiary/aromatic N) is 3. The molecule has 0 radical (unpaired) electrons. The van der Waals surface area contributed by atoms with Gasteiger partial charge in [0, 0.05) is 6.04 Å². The van der Waals surface area contributed by atoms with Gasteiger partial charge in [0.25, 0.3) is 0 Å². The number of aromatic nitrogens is 3. The first-order valence-electron chi connectivity index (χ1n) is 9.85. The number of benzene rings is 2. The molecule has 9 heteroatoms. The third kappa shape index (κ3) is 5.49. The molecule has 0 aliphatic carbocycles. The highest BCUT2D eigenvalue weighted by Crippen LogP contribution is 2.32. The number of nitrogens with one attached hydrogen (secondary N) is 1. The molecule has 0 spiro atoms. The van der Waals surface area contributed by atoms with Gasteiger partial charge in [0.05, 0.1) is 18.6 Å². The summed E-state index contributed by atoms with van der Waals surface area (Å²) in [5, 5.41) is 21.7. The molecular formula is C22H26N4O4S. The number of phenols is 1. The molecule has 0 aliphatic heterocycles. The number of carbonyl (C=O) groups excluding carboxylic acids is 1. The molecule has 0 fully saturated rings. The van der Waals surface area contributed by atoms with E-state index in [1.165, 1.54) is 17.8 Å². The number of para-hydroxylation sites is 4. The van der Waals surface area contributed by atoms with Crippen LogP contribution in [-0.4, -0.2) is 38.6 Å². The maximum atomic E-state index is 12.3. The molecule has 1 amide bonds. The molecule has 2 aromatic carbocycles. The number of phenolic OH excluding ortho intramolecular Hbond substituents is 1. The van der Waals surface area contributed by atoms with E-state index in [2.05, 4.69) is 15.5 Å². The molecule has 3 aromatic rings. The van der Waals surface area contributed by atoms with Crippen LogP contribution in [-0.2, 0) is 4.79 Å². The number of anilines is 1. The Kier molecular flexibility index (Phi) is 7.41. The van der Waals surface area contributed by atoms with Crippen molar-refractivity contribution in [2.24, 2.45) is 0 Å². The van der Waals surface area contributed by atoms with Gasteiger partial charge in [-0.15, -0.1) is 10.2 Å². The molecule has 0 bridgehead atoms. The van der Waals surface area contributed by atoms with Crippen molar-refractivity contribution in [1.82, 2.24) is 14.8 Å². The molecule has 3 rings (SSSR count). The number of amides is 1. The molecule has 0 saturated heterocycles. The summed E-state index contributed by atoms with van der Waals surface area (Å²) in [6, 6.07) is 14.1. The highest BCUT2D eigenvalue weighted by Gasteiger charge is 2.23. The molecular weight excluding hydrogens is 416 g/mol. The van der Waals surface area contributed by atoms with Crippen LogP contribution in [0, 0.1) is 0 Å². The lowest BCUT2D eigenvalue weighted by atomic mass is 10.3. The number of aromatic hydroxyl groups is 1. The van der Waals surface area contributed by atoms with Crippen molar-refractivity contribution in [3.8, 4) is 17.2 Å². The van der Waals surface area contributed by atoms with Crippen molar-refractivity contribution in [3.05, 3.63) is 54.4 Å². The minimum atomic E-state index is -0.379. The third-order valence-corrected chi connectivity index (χ3v) is 5.40. The van der Waals surface area contributed by atoms with E-state index in [0.29, 0.717) is 28.2 Å². The fourth-order valence-electron chi connectivity index (χ4n) is 3.00. The highest BCUT2D eigenvalue weighted by molar-refractivity contribution is 7.99. The van der Waals surface area contributed by atoms with Crippen molar-refractivity contribution in [2.45, 2.75) is 38.1 Å². The van der Waals surface area contributed by atoms with Gasteiger partial charge in [0.15, 0.2) is 28.6 Å². The van der Waals surface area contributed by atoms with E-state index in [9.17, 15) is 9.90 Å². The standard InChI is InChI=1S/C22H26N4O4S/c1-14(2)26-21(15(3)30-19-12-8-7-11-18(19)29-4)24-25-22(26)31-13-20(28)23-16-9-5-6-10-17(16)27/h5-12,14-15,27H,13H2,1-4H3,(H,23,28). The largest absolute Gasteiger partial charge is 0.506 e. The number of ether oxygens (including phenoxy) is 2. The lowest BCUT2D eigenvalue weighted by Gasteiger charge is -2.19. The molecule has 2 N–H and O–H groups in total. The van der Waals surface area contributed by atoms with E-state index < -0.39 is 0 Å². The summed E-state index contributed by atoms with van der Waals surface area (Å²) in [6.45, 7) is 5.94. The minimum Gasteiger partial charge on any atom is -0.506 e. The number of rotatable bonds is 9. The summed E-state index contributed by atoms with van der Waals surface area (Å²) in [5.74, 6) is 1.82. The summed E-state index contributed by atoms with van der Waals surface area (Å²) < 4.78 is 13.4. The molecule has 1 aromatic heterocycles. The fourth-order valence-corrected chi connectivity index (χ4v) is 3.88. The van der Waals surface area contributed by atoms with Crippen LogP contribution >= 0.6 is 11.8 Å². The summed E-state index contributed by atoms with van der Waals surface area (Å²) in [6.07, 6.45) is -0.379. The summed E-state index contributed by atoms with van der Waals surface area (Å²) in [5.41, 5.74) is 0.373. The van der Waals surface area contributed by atoms with Crippen molar-refractivity contribution < 1.29 is 19.4 Å². The Morgan fingerprint density at radius 2 is 1.77 bits per heavy atom. The Balaban J connectivity index is 1.71. The predicted molar refractivity (Wildman–Crippen MR) is 120 cm³/mol. The second-order valence-corrected chi connectivity index (χ2v) is 8.01. The van der Waals surface area contributed by atoms with Crippen LogP contribution in [0.5, 0.6) is 17.2 Å². The first-order chi connectivity index (χ1) is 14.9. The predicted octanol–water partition coefficient (Wildman–Crippen LogP) is 4.44. The van der Waals surface area contributed by atoms with E-state index in [0.717, 1.165) is 0 Å². The van der Waals surface area contributed by atoms with Crippen molar-refractivity contribution in [3.63, 3.8) is 0 Å². The van der Waals surface area contributed by atoms with Gasteiger partial charge >= 0.3 is 0 Å². The molecule has 0 aliphatic rings. The Bertz CT molecular complexity index is 1040. The molecule has 1 atom stereocenters. The van der Waals surface area contributed by atoms with Gasteiger partial charge in [-0.1, -0.05) is 36.0 Å². The Labute approximate surface area is 185 Å². The lowest BCUT2D eigenvalue weighted by molar-refractivity contribution is -0.113. The zero-order valence-electron chi connectivity index (χ0n) is 17.9. The molecule has 1 unspecified atom stereocenters. The van der Waals surface area contributed by atoms with Crippen molar-refractivity contribution in [2.75, 3.05) is 18.2 Å². The second kappa shape index (κ2) is 10.2. The zero-order chi connectivity index (χ0) is 22.4. The van der Waals surface area contributed by atoms with Crippen LogP contribution in [0.25, 0.3) is 0 Å². The molecule has 164 valence electrons. The van der Waals surface area contributed by atoms with Crippen LogP contribution in [0.3, 0.4) is 0 Å². The molecule has 31 heavy (non-hydrogen) atoms. The van der Waals surface area contributed by atoms with Crippen molar-refractivity contribution >= 4 is 23.4 Å². The maximum absolute atomic E-state index is 12.3. The lowest BCUT2D eigenvalue weighted by Crippen LogP contribution is -2.16. The summed E-state index contributed by atoms with van der Waals surface area (Å²) in [4.78, 5) is 12.3. The van der Waals surface area contributed by atoms with E-state index in [-0.39, 0.29) is 29.6 Å². The topological polar surface area (TPSA) is 98.5 Å². The van der Waals surface area contributed by atoms with E-state index in [1.54, 1.807) is 25.3 Å². The number of hydrogen-bond donors (Lipinski definition) is 2. The van der Waals surface area contributed by atoms with Gasteiger partial charge in [-0.3, -0.25) is 4.79 Å². The smallest absolute Gasteiger partial charge is 0.234 e. The monoisotopic (exact) mass is 442 g/mol. The van der Waals surface area contributed by atoms with Gasteiger partial charge in [-0.05, 0) is 45.0 Å². The molecule has 8 nitrogen and oxygen atoms in total. The van der Waals surface area contributed by atoms with Gasteiger partial charge < -0.3 is 24.5 Å². The molecule has 0 saturated carbocycles. The quantitative estimate of drug-likeness (QED) is 0.373. The first-order valence-corrected chi connectivity index (χ1v) is 10.8. The van der Waals surface area contributed by atoms with Crippen LogP contribution in [0.15, 0.2) is 53.7 Å². The SMILES string of the molecule is COc1ccccc1OC(C)c1nnc(SCC(=O)Nc2ccccc2O)n1C(C)C. The average Bonchev–Trinajstić information content (AvgIpc) is 3.19. The first kappa shape index (κ1) is 22.5. The Morgan fingerprint density at radius 1 is 1.10 bits per heavy atom. The fraction of sp³-hybridized carbons (Fsp3) is 0.318. The zero-order valence-corrected chi connectivity index (χ0v) is 18.7. The maximum Gasteiger partial charge on any atom is 0.234 e. The normalized spacial score (nSPS) is 11.9. The van der Waals surface area contributed by atoms with Gasteiger partial charge in [-0.2, -0.15) is 0 Å². The average molecular weight is 443 g/mol. The van der Waals surface area contributed by atoms with E-state index >= 15 is 0 Å². The van der Waals surface area contributed by atoms with Crippen LogP contribution < -0.4 is 14.8 Å².